The first kappa shape index (κ1) is 23.6. The van der Waals surface area contributed by atoms with Crippen molar-refractivity contribution >= 4 is 34.4 Å². The van der Waals surface area contributed by atoms with Crippen molar-refractivity contribution in [2.24, 2.45) is 0 Å². The lowest BCUT2D eigenvalue weighted by atomic mass is 9.97. The van der Waals surface area contributed by atoms with E-state index >= 15 is 0 Å². The molecular formula is C26H33ClN8O. The first-order chi connectivity index (χ1) is 17.5. The van der Waals surface area contributed by atoms with Crippen LogP contribution in [0.4, 0.5) is 5.82 Å². The zero-order valence-corrected chi connectivity index (χ0v) is 21.8. The quantitative estimate of drug-likeness (QED) is 0.383. The number of hydrogen-bond acceptors (Lipinski definition) is 7. The number of fused-ring (bicyclic) bond motifs is 3. The predicted octanol–water partition coefficient (Wildman–Crippen LogP) is 4.36. The number of benzene rings is 1. The van der Waals surface area contributed by atoms with Crippen molar-refractivity contribution in [2.45, 2.75) is 70.8 Å². The van der Waals surface area contributed by atoms with Crippen molar-refractivity contribution in [3.8, 4) is 0 Å². The Hall–Kier alpha value is -2.75. The number of piperazine rings is 1. The summed E-state index contributed by atoms with van der Waals surface area (Å²) < 4.78 is 10.0. The predicted molar refractivity (Wildman–Crippen MR) is 141 cm³/mol. The smallest absolute Gasteiger partial charge is 0.258 e. The Morgan fingerprint density at radius 2 is 1.94 bits per heavy atom. The van der Waals surface area contributed by atoms with Gasteiger partial charge in [0.2, 0.25) is 0 Å². The molecule has 0 spiro atoms. The van der Waals surface area contributed by atoms with Gasteiger partial charge in [0.25, 0.3) is 5.78 Å². The van der Waals surface area contributed by atoms with Gasteiger partial charge in [-0.2, -0.15) is 4.98 Å². The summed E-state index contributed by atoms with van der Waals surface area (Å²) in [6.07, 6.45) is 7.08. The number of hydrogen-bond donors (Lipinski definition) is 0. The molecule has 10 heteroatoms. The van der Waals surface area contributed by atoms with Crippen molar-refractivity contribution in [3.05, 3.63) is 47.5 Å². The standard InChI is InChI=1S/C26H33ClN8O/c1-4-22(19-7-9-20(27)10-8-19)33-12-18(3)34(13-17(33)2)24-23-25(35-16-29-31-26(35)30-24)32(15-28-23)14-21-6-5-11-36-21/h7-10,15-18,21-22H,4-6,11-14H2,1-3H3/t17-,18+,21+,22+/m1/s1. The lowest BCUT2D eigenvalue weighted by Gasteiger charge is -2.47. The molecule has 6 rings (SSSR count). The number of rotatable bonds is 6. The van der Waals surface area contributed by atoms with Gasteiger partial charge in [-0.3, -0.25) is 4.90 Å². The highest BCUT2D eigenvalue weighted by molar-refractivity contribution is 6.30. The highest BCUT2D eigenvalue weighted by Gasteiger charge is 2.35. The third-order valence-electron chi connectivity index (χ3n) is 7.76. The van der Waals surface area contributed by atoms with Crippen LogP contribution in [0.1, 0.15) is 51.6 Å². The normalized spacial score (nSPS) is 24.2. The Kier molecular flexibility index (Phi) is 6.31. The van der Waals surface area contributed by atoms with Gasteiger partial charge in [0.15, 0.2) is 11.5 Å². The maximum Gasteiger partial charge on any atom is 0.258 e. The molecule has 0 aliphatic carbocycles. The van der Waals surface area contributed by atoms with Crippen molar-refractivity contribution in [2.75, 3.05) is 24.6 Å². The van der Waals surface area contributed by atoms with Crippen LogP contribution in [0.2, 0.25) is 5.02 Å². The molecule has 0 radical (unpaired) electrons. The summed E-state index contributed by atoms with van der Waals surface area (Å²) in [4.78, 5) is 14.8. The molecule has 4 aromatic rings. The lowest BCUT2D eigenvalue weighted by Crippen LogP contribution is -2.57. The van der Waals surface area contributed by atoms with Gasteiger partial charge >= 0.3 is 0 Å². The Bertz CT molecular complexity index is 1350. The van der Waals surface area contributed by atoms with Crippen molar-refractivity contribution in [1.29, 1.82) is 0 Å². The average Bonchev–Trinajstić information content (AvgIpc) is 3.64. The van der Waals surface area contributed by atoms with E-state index in [0.29, 0.717) is 17.9 Å². The summed E-state index contributed by atoms with van der Waals surface area (Å²) in [5, 5.41) is 9.23. The largest absolute Gasteiger partial charge is 0.376 e. The molecule has 2 saturated heterocycles. The van der Waals surface area contributed by atoms with Crippen LogP contribution in [0.3, 0.4) is 0 Å². The summed E-state index contributed by atoms with van der Waals surface area (Å²) in [7, 11) is 0. The zero-order chi connectivity index (χ0) is 24.8. The summed E-state index contributed by atoms with van der Waals surface area (Å²) >= 11 is 6.16. The van der Waals surface area contributed by atoms with Crippen LogP contribution in [0.25, 0.3) is 16.9 Å². The maximum atomic E-state index is 6.16. The second-order valence-electron chi connectivity index (χ2n) is 10.2. The SMILES string of the molecule is CC[C@@H](c1ccc(Cl)cc1)N1C[C@H](C)N(c2nc3nncn3c3c2ncn3C[C@@H]2CCCO2)C[C@H]1C. The van der Waals surface area contributed by atoms with E-state index in [1.165, 1.54) is 5.56 Å². The van der Waals surface area contributed by atoms with Gasteiger partial charge in [0.1, 0.15) is 11.8 Å². The molecule has 0 bridgehead atoms. The van der Waals surface area contributed by atoms with Gasteiger partial charge in [-0.05, 0) is 50.8 Å². The number of imidazole rings is 1. The molecule has 0 N–H and O–H groups in total. The summed E-state index contributed by atoms with van der Waals surface area (Å²) in [5.74, 6) is 1.48. The van der Waals surface area contributed by atoms with Crippen LogP contribution in [0, 0.1) is 0 Å². The molecule has 2 fully saturated rings. The van der Waals surface area contributed by atoms with Crippen LogP contribution in [-0.2, 0) is 11.3 Å². The van der Waals surface area contributed by atoms with E-state index < -0.39 is 0 Å². The second kappa shape index (κ2) is 9.61. The first-order valence-corrected chi connectivity index (χ1v) is 13.3. The summed E-state index contributed by atoms with van der Waals surface area (Å²) in [6.45, 7) is 10.2. The molecule has 2 aliphatic heterocycles. The highest BCUT2D eigenvalue weighted by Crippen LogP contribution is 2.34. The average molecular weight is 509 g/mol. The van der Waals surface area contributed by atoms with Gasteiger partial charge in [0, 0.05) is 42.8 Å². The van der Waals surface area contributed by atoms with Crippen LogP contribution < -0.4 is 4.90 Å². The van der Waals surface area contributed by atoms with Crippen molar-refractivity contribution in [3.63, 3.8) is 0 Å². The molecule has 0 amide bonds. The van der Waals surface area contributed by atoms with Gasteiger partial charge < -0.3 is 14.2 Å². The molecule has 0 unspecified atom stereocenters. The zero-order valence-electron chi connectivity index (χ0n) is 21.1. The van der Waals surface area contributed by atoms with E-state index in [1.54, 1.807) is 6.33 Å². The fourth-order valence-corrected chi connectivity index (χ4v) is 6.09. The second-order valence-corrected chi connectivity index (χ2v) is 10.6. The van der Waals surface area contributed by atoms with Crippen molar-refractivity contribution in [1.82, 2.24) is 34.0 Å². The number of halogens is 1. The Balaban J connectivity index is 1.33. The first-order valence-electron chi connectivity index (χ1n) is 13.0. The monoisotopic (exact) mass is 508 g/mol. The third-order valence-corrected chi connectivity index (χ3v) is 8.01. The number of nitrogens with zero attached hydrogens (tertiary/aromatic N) is 8. The van der Waals surface area contributed by atoms with Gasteiger partial charge in [-0.25, -0.2) is 9.38 Å². The number of ether oxygens (including phenoxy) is 1. The molecule has 9 nitrogen and oxygen atoms in total. The number of aromatic nitrogens is 6. The molecule has 5 heterocycles. The van der Waals surface area contributed by atoms with Gasteiger partial charge in [-0.1, -0.05) is 30.7 Å². The molecule has 1 aromatic carbocycles. The van der Waals surface area contributed by atoms with Gasteiger partial charge in [0.05, 0.1) is 19.0 Å². The van der Waals surface area contributed by atoms with E-state index in [4.69, 9.17) is 26.3 Å². The summed E-state index contributed by atoms with van der Waals surface area (Å²) in [5.41, 5.74) is 3.18. The number of anilines is 1. The van der Waals surface area contributed by atoms with Crippen LogP contribution in [0.15, 0.2) is 36.9 Å². The molecule has 36 heavy (non-hydrogen) atoms. The van der Waals surface area contributed by atoms with E-state index in [2.05, 4.69) is 57.5 Å². The van der Waals surface area contributed by atoms with Crippen LogP contribution in [0.5, 0.6) is 0 Å². The molecular weight excluding hydrogens is 476 g/mol. The van der Waals surface area contributed by atoms with E-state index in [9.17, 15) is 0 Å². The molecule has 2 aliphatic rings. The van der Waals surface area contributed by atoms with Crippen molar-refractivity contribution < 1.29 is 4.74 Å². The topological polar surface area (TPSA) is 76.6 Å². The third kappa shape index (κ3) is 4.13. The molecule has 3 aromatic heterocycles. The fourth-order valence-electron chi connectivity index (χ4n) is 5.96. The molecule has 4 atom stereocenters. The minimum Gasteiger partial charge on any atom is -0.376 e. The fraction of sp³-hybridized carbons (Fsp3) is 0.538. The lowest BCUT2D eigenvalue weighted by molar-refractivity contribution is 0.0977. The Morgan fingerprint density at radius 3 is 2.69 bits per heavy atom. The Morgan fingerprint density at radius 1 is 1.11 bits per heavy atom. The minimum absolute atomic E-state index is 0.215. The highest BCUT2D eigenvalue weighted by atomic mass is 35.5. The maximum absolute atomic E-state index is 6.16. The van der Waals surface area contributed by atoms with Gasteiger partial charge in [-0.15, -0.1) is 10.2 Å². The van der Waals surface area contributed by atoms with Crippen LogP contribution >= 0.6 is 11.6 Å². The van der Waals surface area contributed by atoms with E-state index in [1.807, 2.05) is 22.9 Å². The van der Waals surface area contributed by atoms with E-state index in [-0.39, 0.29) is 12.1 Å². The van der Waals surface area contributed by atoms with Crippen LogP contribution in [-0.4, -0.2) is 71.9 Å². The van der Waals surface area contributed by atoms with E-state index in [0.717, 1.165) is 67.5 Å². The summed E-state index contributed by atoms with van der Waals surface area (Å²) in [6, 6.07) is 9.24. The Labute approximate surface area is 216 Å². The molecule has 0 saturated carbocycles. The minimum atomic E-state index is 0.215. The molecule has 190 valence electrons.